The molecule has 2 aromatic heterocycles. The molecule has 2 amide bonds. The fourth-order valence-electron chi connectivity index (χ4n) is 3.01. The number of aromatic nitrogens is 1. The first-order chi connectivity index (χ1) is 16.1. The summed E-state index contributed by atoms with van der Waals surface area (Å²) >= 11 is 7.53. The molecule has 2 aromatic carbocycles. The Morgan fingerprint density at radius 2 is 1.79 bits per heavy atom. The Bertz CT molecular complexity index is 1250. The standard InChI is InChI=1S/C25H20ClN3O3S/c26-20-9-8-19(14-21(20)29-25(31)22-7-4-12-33-22)24(30)28-15-18-10-11-27-23(13-18)32-16-17-5-2-1-3-6-17/h1-14H,15-16H2,(H,28,30)(H,29,31). The minimum atomic E-state index is -0.290. The Hall–Kier alpha value is -3.68. The van der Waals surface area contributed by atoms with E-state index in [-0.39, 0.29) is 11.8 Å². The number of thiophene rings is 1. The lowest BCUT2D eigenvalue weighted by Gasteiger charge is -2.10. The molecular weight excluding hydrogens is 458 g/mol. The van der Waals surface area contributed by atoms with Crippen LogP contribution in [-0.4, -0.2) is 16.8 Å². The molecule has 0 aliphatic rings. The Balaban J connectivity index is 1.36. The van der Waals surface area contributed by atoms with Crippen LogP contribution in [0.2, 0.25) is 5.02 Å². The van der Waals surface area contributed by atoms with Crippen LogP contribution in [0.25, 0.3) is 0 Å². The number of carbonyl (C=O) groups is 2. The highest BCUT2D eigenvalue weighted by molar-refractivity contribution is 7.12. The number of nitrogens with one attached hydrogen (secondary N) is 2. The maximum atomic E-state index is 12.7. The van der Waals surface area contributed by atoms with Crippen LogP contribution >= 0.6 is 22.9 Å². The lowest BCUT2D eigenvalue weighted by molar-refractivity contribution is 0.0949. The molecule has 4 rings (SSSR count). The first kappa shape index (κ1) is 22.5. The van der Waals surface area contributed by atoms with Crippen LogP contribution in [-0.2, 0) is 13.2 Å². The van der Waals surface area contributed by atoms with Crippen molar-refractivity contribution in [1.29, 1.82) is 0 Å². The molecule has 2 N–H and O–H groups in total. The molecule has 4 aromatic rings. The van der Waals surface area contributed by atoms with Gasteiger partial charge in [0, 0.05) is 24.4 Å². The number of anilines is 1. The Kier molecular flexibility index (Phi) is 7.34. The van der Waals surface area contributed by atoms with Gasteiger partial charge >= 0.3 is 0 Å². The topological polar surface area (TPSA) is 80.3 Å². The molecule has 0 saturated carbocycles. The number of hydrogen-bond donors (Lipinski definition) is 2. The molecule has 0 unspecified atom stereocenters. The Morgan fingerprint density at radius 3 is 2.58 bits per heavy atom. The molecule has 0 aliphatic heterocycles. The highest BCUT2D eigenvalue weighted by Gasteiger charge is 2.13. The van der Waals surface area contributed by atoms with Gasteiger partial charge in [0.2, 0.25) is 5.88 Å². The number of amides is 2. The summed E-state index contributed by atoms with van der Waals surface area (Å²) in [4.78, 5) is 29.8. The maximum Gasteiger partial charge on any atom is 0.265 e. The van der Waals surface area contributed by atoms with Crippen molar-refractivity contribution in [3.8, 4) is 5.88 Å². The van der Waals surface area contributed by atoms with Crippen LogP contribution in [0.4, 0.5) is 5.69 Å². The van der Waals surface area contributed by atoms with Crippen LogP contribution in [0, 0.1) is 0 Å². The number of ether oxygens (including phenoxy) is 1. The van der Waals surface area contributed by atoms with Crippen molar-refractivity contribution in [3.05, 3.63) is 111 Å². The third-order valence-electron chi connectivity index (χ3n) is 4.70. The zero-order chi connectivity index (χ0) is 23.0. The van der Waals surface area contributed by atoms with Crippen LogP contribution in [0.1, 0.15) is 31.2 Å². The molecule has 8 heteroatoms. The lowest BCUT2D eigenvalue weighted by Crippen LogP contribution is -2.23. The minimum absolute atomic E-state index is 0.274. The van der Waals surface area contributed by atoms with Crippen molar-refractivity contribution in [2.24, 2.45) is 0 Å². The van der Waals surface area contributed by atoms with E-state index in [1.54, 1.807) is 42.6 Å². The van der Waals surface area contributed by atoms with Crippen molar-refractivity contribution in [2.75, 3.05) is 5.32 Å². The summed E-state index contributed by atoms with van der Waals surface area (Å²) in [5.41, 5.74) is 2.66. The smallest absolute Gasteiger partial charge is 0.265 e. The molecule has 0 atom stereocenters. The number of nitrogens with zero attached hydrogens (tertiary/aromatic N) is 1. The first-order valence-electron chi connectivity index (χ1n) is 10.1. The van der Waals surface area contributed by atoms with Crippen LogP contribution in [0.3, 0.4) is 0 Å². The lowest BCUT2D eigenvalue weighted by atomic mass is 10.1. The van der Waals surface area contributed by atoms with Crippen LogP contribution < -0.4 is 15.4 Å². The molecule has 2 heterocycles. The number of carbonyl (C=O) groups excluding carboxylic acids is 2. The summed E-state index contributed by atoms with van der Waals surface area (Å²) in [6, 6.07) is 21.7. The summed E-state index contributed by atoms with van der Waals surface area (Å²) in [7, 11) is 0. The van der Waals surface area contributed by atoms with E-state index < -0.39 is 0 Å². The van der Waals surface area contributed by atoms with Gasteiger partial charge in [-0.1, -0.05) is 48.0 Å². The van der Waals surface area contributed by atoms with Gasteiger partial charge in [-0.25, -0.2) is 4.98 Å². The molecule has 166 valence electrons. The molecule has 6 nitrogen and oxygen atoms in total. The predicted octanol–water partition coefficient (Wildman–Crippen LogP) is 5.56. The second-order valence-corrected chi connectivity index (χ2v) is 8.44. The number of hydrogen-bond acceptors (Lipinski definition) is 5. The first-order valence-corrected chi connectivity index (χ1v) is 11.4. The van der Waals surface area contributed by atoms with E-state index in [9.17, 15) is 9.59 Å². The molecule has 0 fully saturated rings. The quantitative estimate of drug-likeness (QED) is 0.348. The van der Waals surface area contributed by atoms with Crippen LogP contribution in [0.5, 0.6) is 5.88 Å². The monoisotopic (exact) mass is 477 g/mol. The van der Waals surface area contributed by atoms with E-state index in [0.29, 0.717) is 40.2 Å². The van der Waals surface area contributed by atoms with Gasteiger partial charge in [0.15, 0.2) is 0 Å². The second-order valence-electron chi connectivity index (χ2n) is 7.09. The van der Waals surface area contributed by atoms with Gasteiger partial charge in [-0.15, -0.1) is 11.3 Å². The minimum Gasteiger partial charge on any atom is -0.473 e. The fraction of sp³-hybridized carbons (Fsp3) is 0.0800. The van der Waals surface area contributed by atoms with Crippen molar-refractivity contribution in [2.45, 2.75) is 13.2 Å². The zero-order valence-corrected chi connectivity index (χ0v) is 19.0. The number of rotatable bonds is 8. The second kappa shape index (κ2) is 10.8. The van der Waals surface area contributed by atoms with Gasteiger partial charge in [0.05, 0.1) is 15.6 Å². The van der Waals surface area contributed by atoms with E-state index in [1.165, 1.54) is 11.3 Å². The van der Waals surface area contributed by atoms with Gasteiger partial charge in [0.25, 0.3) is 11.8 Å². The molecule has 0 aliphatic carbocycles. The van der Waals surface area contributed by atoms with Crippen molar-refractivity contribution < 1.29 is 14.3 Å². The van der Waals surface area contributed by atoms with Gasteiger partial charge < -0.3 is 15.4 Å². The zero-order valence-electron chi connectivity index (χ0n) is 17.5. The van der Waals surface area contributed by atoms with Crippen molar-refractivity contribution >= 4 is 40.4 Å². The highest BCUT2D eigenvalue weighted by atomic mass is 35.5. The molecule has 0 saturated heterocycles. The number of pyridine rings is 1. The largest absolute Gasteiger partial charge is 0.473 e. The summed E-state index contributed by atoms with van der Waals surface area (Å²) in [5, 5.41) is 7.79. The fourth-order valence-corrected chi connectivity index (χ4v) is 3.79. The van der Waals surface area contributed by atoms with E-state index in [4.69, 9.17) is 16.3 Å². The van der Waals surface area contributed by atoms with E-state index >= 15 is 0 Å². The van der Waals surface area contributed by atoms with Crippen molar-refractivity contribution in [1.82, 2.24) is 10.3 Å². The van der Waals surface area contributed by atoms with E-state index in [1.807, 2.05) is 41.8 Å². The number of halogens is 1. The average Bonchev–Trinajstić information content (AvgIpc) is 3.39. The summed E-state index contributed by atoms with van der Waals surface area (Å²) in [6.07, 6.45) is 1.64. The third kappa shape index (κ3) is 6.19. The predicted molar refractivity (Wildman–Crippen MR) is 130 cm³/mol. The summed E-state index contributed by atoms with van der Waals surface area (Å²) in [6.45, 7) is 0.705. The van der Waals surface area contributed by atoms with E-state index in [0.717, 1.165) is 11.1 Å². The molecule has 0 radical (unpaired) electrons. The van der Waals surface area contributed by atoms with Gasteiger partial charge in [-0.3, -0.25) is 9.59 Å². The SMILES string of the molecule is O=C(NCc1ccnc(OCc2ccccc2)c1)c1ccc(Cl)c(NC(=O)c2cccs2)c1. The highest BCUT2D eigenvalue weighted by Crippen LogP contribution is 2.24. The molecule has 33 heavy (non-hydrogen) atoms. The van der Waals surface area contributed by atoms with Gasteiger partial charge in [0.1, 0.15) is 6.61 Å². The van der Waals surface area contributed by atoms with Gasteiger partial charge in [-0.2, -0.15) is 0 Å². The third-order valence-corrected chi connectivity index (χ3v) is 5.90. The molecule has 0 spiro atoms. The summed E-state index contributed by atoms with van der Waals surface area (Å²) in [5.74, 6) is -0.0817. The average molecular weight is 478 g/mol. The van der Waals surface area contributed by atoms with Gasteiger partial charge in [-0.05, 0) is 46.8 Å². The number of benzene rings is 2. The molecule has 0 bridgehead atoms. The normalized spacial score (nSPS) is 10.5. The van der Waals surface area contributed by atoms with Crippen molar-refractivity contribution in [3.63, 3.8) is 0 Å². The van der Waals surface area contributed by atoms with Crippen LogP contribution in [0.15, 0.2) is 84.4 Å². The molecular formula is C25H20ClN3O3S. The summed E-state index contributed by atoms with van der Waals surface area (Å²) < 4.78 is 5.74. The maximum absolute atomic E-state index is 12.7. The Morgan fingerprint density at radius 1 is 0.939 bits per heavy atom. The van der Waals surface area contributed by atoms with E-state index in [2.05, 4.69) is 15.6 Å². The Labute approximate surface area is 200 Å².